The zero-order valence-electron chi connectivity index (χ0n) is 19.6. The fraction of sp³-hybridized carbons (Fsp3) is 0.286. The van der Waals surface area contributed by atoms with Gasteiger partial charge in [-0.15, -0.1) is 0 Å². The Hall–Kier alpha value is -3.12. The SMILES string of the molecule is CC[C@@H](C)NC(=O)[C@H](Cc1ccccc1)N(Cc1cccc(Br)c1)C(=O)COc1ccccc1. The maximum Gasteiger partial charge on any atom is 0.261 e. The third kappa shape index (κ3) is 7.73. The molecule has 5 nitrogen and oxygen atoms in total. The molecule has 178 valence electrons. The van der Waals surface area contributed by atoms with Crippen molar-refractivity contribution in [2.24, 2.45) is 0 Å². The second-order valence-electron chi connectivity index (χ2n) is 8.28. The van der Waals surface area contributed by atoms with Gasteiger partial charge in [0.05, 0.1) is 0 Å². The fourth-order valence-corrected chi connectivity index (χ4v) is 4.02. The van der Waals surface area contributed by atoms with Crippen LogP contribution in [0.2, 0.25) is 0 Å². The van der Waals surface area contributed by atoms with Crippen molar-refractivity contribution in [3.63, 3.8) is 0 Å². The molecule has 0 aliphatic heterocycles. The van der Waals surface area contributed by atoms with E-state index in [0.29, 0.717) is 18.7 Å². The molecule has 0 saturated heterocycles. The lowest BCUT2D eigenvalue weighted by atomic mass is 10.0. The molecule has 2 atom stereocenters. The van der Waals surface area contributed by atoms with Crippen molar-refractivity contribution in [1.82, 2.24) is 10.2 Å². The lowest BCUT2D eigenvalue weighted by molar-refractivity contribution is -0.143. The van der Waals surface area contributed by atoms with Crippen molar-refractivity contribution in [3.8, 4) is 5.75 Å². The summed E-state index contributed by atoms with van der Waals surface area (Å²) in [4.78, 5) is 28.6. The van der Waals surface area contributed by atoms with Crippen LogP contribution < -0.4 is 10.1 Å². The van der Waals surface area contributed by atoms with Gasteiger partial charge in [-0.25, -0.2) is 0 Å². The Bertz CT molecular complexity index is 1060. The number of amides is 2. The normalized spacial score (nSPS) is 12.4. The Kier molecular flexibility index (Phi) is 9.71. The summed E-state index contributed by atoms with van der Waals surface area (Å²) >= 11 is 3.50. The van der Waals surface area contributed by atoms with Crippen LogP contribution in [0.4, 0.5) is 0 Å². The minimum Gasteiger partial charge on any atom is -0.484 e. The Balaban J connectivity index is 1.91. The lowest BCUT2D eigenvalue weighted by Gasteiger charge is -2.32. The number of nitrogens with zero attached hydrogens (tertiary/aromatic N) is 1. The minimum atomic E-state index is -0.678. The summed E-state index contributed by atoms with van der Waals surface area (Å²) < 4.78 is 6.68. The van der Waals surface area contributed by atoms with Crippen molar-refractivity contribution in [1.29, 1.82) is 0 Å². The monoisotopic (exact) mass is 522 g/mol. The van der Waals surface area contributed by atoms with E-state index in [4.69, 9.17) is 4.74 Å². The van der Waals surface area contributed by atoms with E-state index in [2.05, 4.69) is 21.2 Å². The second kappa shape index (κ2) is 12.9. The van der Waals surface area contributed by atoms with E-state index >= 15 is 0 Å². The average molecular weight is 523 g/mol. The number of carbonyl (C=O) groups excluding carboxylic acids is 2. The third-order valence-corrected chi connectivity index (χ3v) is 6.11. The molecule has 0 fully saturated rings. The molecule has 3 rings (SSSR count). The van der Waals surface area contributed by atoms with E-state index in [0.717, 1.165) is 22.0 Å². The first-order chi connectivity index (χ1) is 16.5. The molecule has 6 heteroatoms. The standard InChI is InChI=1S/C28H31BrN2O3/c1-3-21(2)30-28(33)26(18-22-11-6-4-7-12-22)31(19-23-13-10-14-24(29)17-23)27(32)20-34-25-15-8-5-9-16-25/h4-17,21,26H,3,18-20H2,1-2H3,(H,30,33)/t21-,26+/m1/s1. The molecule has 0 unspecified atom stereocenters. The van der Waals surface area contributed by atoms with Crippen LogP contribution in [0.3, 0.4) is 0 Å². The van der Waals surface area contributed by atoms with Crippen LogP contribution >= 0.6 is 15.9 Å². The molecule has 2 amide bonds. The molecule has 1 N–H and O–H groups in total. The second-order valence-corrected chi connectivity index (χ2v) is 9.19. The van der Waals surface area contributed by atoms with Crippen molar-refractivity contribution in [2.75, 3.05) is 6.61 Å². The molecular weight excluding hydrogens is 492 g/mol. The molecule has 0 spiro atoms. The molecule has 0 saturated carbocycles. The zero-order valence-corrected chi connectivity index (χ0v) is 21.2. The van der Waals surface area contributed by atoms with Gasteiger partial charge in [-0.2, -0.15) is 0 Å². The number of hydrogen-bond donors (Lipinski definition) is 1. The molecule has 0 heterocycles. The van der Waals surface area contributed by atoms with E-state index < -0.39 is 6.04 Å². The number of nitrogens with one attached hydrogen (secondary N) is 1. The average Bonchev–Trinajstić information content (AvgIpc) is 2.85. The Morgan fingerprint density at radius 1 is 0.941 bits per heavy atom. The molecule has 0 radical (unpaired) electrons. The molecule has 3 aromatic carbocycles. The number of carbonyl (C=O) groups is 2. The maximum absolute atomic E-state index is 13.5. The van der Waals surface area contributed by atoms with Gasteiger partial charge in [-0.3, -0.25) is 9.59 Å². The van der Waals surface area contributed by atoms with Gasteiger partial charge in [-0.1, -0.05) is 83.5 Å². The molecule has 0 aliphatic carbocycles. The van der Waals surface area contributed by atoms with E-state index in [-0.39, 0.29) is 24.5 Å². The fourth-order valence-electron chi connectivity index (χ4n) is 3.57. The van der Waals surface area contributed by atoms with Crippen LogP contribution in [-0.4, -0.2) is 35.4 Å². The highest BCUT2D eigenvalue weighted by Gasteiger charge is 2.31. The summed E-state index contributed by atoms with van der Waals surface area (Å²) in [7, 11) is 0. The summed E-state index contributed by atoms with van der Waals surface area (Å²) in [6.45, 7) is 4.13. The molecule has 0 aromatic heterocycles. The topological polar surface area (TPSA) is 58.6 Å². The summed E-state index contributed by atoms with van der Waals surface area (Å²) in [5.41, 5.74) is 1.92. The van der Waals surface area contributed by atoms with Crippen molar-refractivity contribution in [2.45, 2.75) is 45.3 Å². The Labute approximate surface area is 210 Å². The number of benzene rings is 3. The Morgan fingerprint density at radius 2 is 1.59 bits per heavy atom. The van der Waals surface area contributed by atoms with Crippen molar-refractivity contribution >= 4 is 27.7 Å². The smallest absolute Gasteiger partial charge is 0.261 e. The highest BCUT2D eigenvalue weighted by atomic mass is 79.9. The van der Waals surface area contributed by atoms with Crippen molar-refractivity contribution in [3.05, 3.63) is 101 Å². The summed E-state index contributed by atoms with van der Waals surface area (Å²) in [6.07, 6.45) is 1.22. The number of ether oxygens (including phenoxy) is 1. The number of para-hydroxylation sites is 1. The highest BCUT2D eigenvalue weighted by Crippen LogP contribution is 2.19. The van der Waals surface area contributed by atoms with Gasteiger partial charge in [0.25, 0.3) is 5.91 Å². The lowest BCUT2D eigenvalue weighted by Crippen LogP contribution is -2.53. The largest absolute Gasteiger partial charge is 0.484 e. The highest BCUT2D eigenvalue weighted by molar-refractivity contribution is 9.10. The van der Waals surface area contributed by atoms with Gasteiger partial charge in [0.2, 0.25) is 5.91 Å². The van der Waals surface area contributed by atoms with E-state index in [1.165, 1.54) is 0 Å². The minimum absolute atomic E-state index is 0.00849. The molecule has 0 aliphatic rings. The van der Waals surface area contributed by atoms with Crippen LogP contribution in [0, 0.1) is 0 Å². The first-order valence-corrected chi connectivity index (χ1v) is 12.3. The molecular formula is C28H31BrN2O3. The zero-order chi connectivity index (χ0) is 24.3. The van der Waals surface area contributed by atoms with Gasteiger partial charge in [-0.05, 0) is 48.7 Å². The number of hydrogen-bond acceptors (Lipinski definition) is 3. The van der Waals surface area contributed by atoms with Crippen LogP contribution in [0.1, 0.15) is 31.4 Å². The van der Waals surface area contributed by atoms with Crippen LogP contribution in [0.15, 0.2) is 89.4 Å². The molecule has 3 aromatic rings. The van der Waals surface area contributed by atoms with Gasteiger partial charge in [0.15, 0.2) is 6.61 Å². The quantitative estimate of drug-likeness (QED) is 0.367. The van der Waals surface area contributed by atoms with Crippen LogP contribution in [0.25, 0.3) is 0 Å². The van der Waals surface area contributed by atoms with Gasteiger partial charge in [0, 0.05) is 23.5 Å². The molecule has 0 bridgehead atoms. The Morgan fingerprint density at radius 3 is 2.24 bits per heavy atom. The number of halogens is 1. The van der Waals surface area contributed by atoms with Gasteiger partial charge < -0.3 is 15.0 Å². The third-order valence-electron chi connectivity index (χ3n) is 5.62. The first-order valence-electron chi connectivity index (χ1n) is 11.5. The van der Waals surface area contributed by atoms with Crippen molar-refractivity contribution < 1.29 is 14.3 Å². The van der Waals surface area contributed by atoms with Crippen LogP contribution in [-0.2, 0) is 22.6 Å². The maximum atomic E-state index is 13.5. The number of rotatable bonds is 11. The first kappa shape index (κ1) is 25.5. The van der Waals surface area contributed by atoms with Gasteiger partial charge >= 0.3 is 0 Å². The summed E-state index contributed by atoms with van der Waals surface area (Å²) in [5.74, 6) is 0.201. The predicted molar refractivity (Wildman–Crippen MR) is 138 cm³/mol. The van der Waals surface area contributed by atoms with E-state index in [1.54, 1.807) is 4.90 Å². The predicted octanol–water partition coefficient (Wildman–Crippen LogP) is 5.38. The van der Waals surface area contributed by atoms with E-state index in [9.17, 15) is 9.59 Å². The summed E-state index contributed by atoms with van der Waals surface area (Å²) in [5, 5.41) is 3.07. The molecule has 34 heavy (non-hydrogen) atoms. The van der Waals surface area contributed by atoms with Gasteiger partial charge in [0.1, 0.15) is 11.8 Å². The summed E-state index contributed by atoms with van der Waals surface area (Å²) in [6, 6.07) is 26.1. The van der Waals surface area contributed by atoms with Crippen LogP contribution in [0.5, 0.6) is 5.75 Å². The van der Waals surface area contributed by atoms with E-state index in [1.807, 2.05) is 98.8 Å².